The maximum Gasteiger partial charge on any atom is 0.305 e. The molecule has 2 rings (SSSR count). The van der Waals surface area contributed by atoms with Gasteiger partial charge < -0.3 is 15.2 Å². The fourth-order valence-corrected chi connectivity index (χ4v) is 2.65. The minimum Gasteiger partial charge on any atom is -0.481 e. The molecule has 0 radical (unpaired) electrons. The Labute approximate surface area is 145 Å². The highest BCUT2D eigenvalue weighted by Gasteiger charge is 2.30. The van der Waals surface area contributed by atoms with Crippen LogP contribution < -0.4 is 5.32 Å². The van der Waals surface area contributed by atoms with Gasteiger partial charge in [0.05, 0.1) is 42.1 Å². The van der Waals surface area contributed by atoms with E-state index in [0.29, 0.717) is 5.69 Å². The molecule has 0 aliphatic heterocycles. The maximum absolute atomic E-state index is 12.3. The minimum atomic E-state index is -1.01. The Bertz CT molecular complexity index is 744. The molecule has 1 aromatic carbocycles. The second kappa shape index (κ2) is 7.89. The summed E-state index contributed by atoms with van der Waals surface area (Å²) in [5.41, 5.74) is 1.17. The molecule has 1 amide bonds. The number of nitrogens with zero attached hydrogens (tertiary/aromatic N) is 3. The van der Waals surface area contributed by atoms with Crippen molar-refractivity contribution in [1.29, 1.82) is 0 Å². The quantitative estimate of drug-likeness (QED) is 0.742. The standard InChI is InChI=1S/C17H22N4O4/c1-12-14(19-20-21(12)13-7-5-4-6-8-13)9-15(22)18-17(2,11-25-3)10-16(23)24/h4-8H,9-11H2,1-3H3,(H,18,22)(H,23,24). The molecule has 25 heavy (non-hydrogen) atoms. The van der Waals surface area contributed by atoms with Crippen LogP contribution in [0.4, 0.5) is 0 Å². The number of carboxylic acid groups (broad SMARTS) is 1. The van der Waals surface area contributed by atoms with Crippen LogP contribution in [0.2, 0.25) is 0 Å². The van der Waals surface area contributed by atoms with Gasteiger partial charge in [0.25, 0.3) is 0 Å². The second-order valence-corrected chi connectivity index (χ2v) is 6.16. The van der Waals surface area contributed by atoms with Crippen LogP contribution in [0.15, 0.2) is 30.3 Å². The summed E-state index contributed by atoms with van der Waals surface area (Å²) in [6.45, 7) is 3.57. The molecule has 8 heteroatoms. The van der Waals surface area contributed by atoms with Crippen molar-refractivity contribution in [3.05, 3.63) is 41.7 Å². The monoisotopic (exact) mass is 346 g/mol. The number of para-hydroxylation sites is 1. The van der Waals surface area contributed by atoms with E-state index >= 15 is 0 Å². The minimum absolute atomic E-state index is 0.0115. The summed E-state index contributed by atoms with van der Waals surface area (Å²) >= 11 is 0. The van der Waals surface area contributed by atoms with E-state index in [2.05, 4.69) is 15.6 Å². The van der Waals surface area contributed by atoms with E-state index in [9.17, 15) is 9.59 Å². The van der Waals surface area contributed by atoms with Crippen LogP contribution in [0, 0.1) is 6.92 Å². The number of carboxylic acids is 1. The van der Waals surface area contributed by atoms with Crippen molar-refractivity contribution in [2.75, 3.05) is 13.7 Å². The van der Waals surface area contributed by atoms with Crippen molar-refractivity contribution in [3.8, 4) is 5.69 Å². The van der Waals surface area contributed by atoms with E-state index in [1.807, 2.05) is 37.3 Å². The van der Waals surface area contributed by atoms with Crippen LogP contribution in [0.25, 0.3) is 5.69 Å². The van der Waals surface area contributed by atoms with Crippen LogP contribution >= 0.6 is 0 Å². The third-order valence-corrected chi connectivity index (χ3v) is 3.76. The van der Waals surface area contributed by atoms with E-state index in [1.54, 1.807) is 11.6 Å². The van der Waals surface area contributed by atoms with Crippen molar-refractivity contribution >= 4 is 11.9 Å². The van der Waals surface area contributed by atoms with Gasteiger partial charge in [-0.15, -0.1) is 5.10 Å². The smallest absolute Gasteiger partial charge is 0.305 e. The number of methoxy groups -OCH3 is 1. The average molecular weight is 346 g/mol. The lowest BCUT2D eigenvalue weighted by atomic mass is 9.98. The summed E-state index contributed by atoms with van der Waals surface area (Å²) < 4.78 is 6.70. The fourth-order valence-electron chi connectivity index (χ4n) is 2.65. The molecule has 2 aromatic rings. The fraction of sp³-hybridized carbons (Fsp3) is 0.412. The largest absolute Gasteiger partial charge is 0.481 e. The molecule has 2 N–H and O–H groups in total. The van der Waals surface area contributed by atoms with Crippen LogP contribution in [0.5, 0.6) is 0 Å². The topological polar surface area (TPSA) is 106 Å². The summed E-state index contributed by atoms with van der Waals surface area (Å²) in [6.07, 6.45) is -0.222. The second-order valence-electron chi connectivity index (χ2n) is 6.16. The predicted molar refractivity (Wildman–Crippen MR) is 90.5 cm³/mol. The van der Waals surface area contributed by atoms with Gasteiger partial charge in [0.1, 0.15) is 0 Å². The van der Waals surface area contributed by atoms with Gasteiger partial charge >= 0.3 is 5.97 Å². The van der Waals surface area contributed by atoms with Gasteiger partial charge in [0.15, 0.2) is 0 Å². The zero-order valence-electron chi connectivity index (χ0n) is 14.5. The Kier molecular flexibility index (Phi) is 5.87. The molecule has 1 heterocycles. The van der Waals surface area contributed by atoms with Crippen molar-refractivity contribution in [2.24, 2.45) is 0 Å². The highest BCUT2D eigenvalue weighted by atomic mass is 16.5. The zero-order valence-corrected chi connectivity index (χ0v) is 14.5. The van der Waals surface area contributed by atoms with Crippen molar-refractivity contribution in [1.82, 2.24) is 20.3 Å². The molecule has 0 spiro atoms. The zero-order chi connectivity index (χ0) is 18.4. The highest BCUT2D eigenvalue weighted by Crippen LogP contribution is 2.14. The Morgan fingerprint density at radius 1 is 1.32 bits per heavy atom. The van der Waals surface area contributed by atoms with Crippen LogP contribution in [0.3, 0.4) is 0 Å². The third kappa shape index (κ3) is 4.87. The molecule has 134 valence electrons. The predicted octanol–water partition coefficient (Wildman–Crippen LogP) is 1.11. The number of ether oxygens (including phenoxy) is 1. The van der Waals surface area contributed by atoms with Gasteiger partial charge in [-0.05, 0) is 26.0 Å². The lowest BCUT2D eigenvalue weighted by Gasteiger charge is -2.28. The van der Waals surface area contributed by atoms with Gasteiger partial charge in [-0.25, -0.2) is 4.68 Å². The van der Waals surface area contributed by atoms with E-state index in [0.717, 1.165) is 11.4 Å². The summed E-state index contributed by atoms with van der Waals surface area (Å²) in [7, 11) is 1.46. The number of benzene rings is 1. The molecular weight excluding hydrogens is 324 g/mol. The molecule has 8 nitrogen and oxygen atoms in total. The Balaban J connectivity index is 2.10. The summed E-state index contributed by atoms with van der Waals surface area (Å²) in [5, 5.41) is 19.9. The number of hydrogen-bond donors (Lipinski definition) is 2. The van der Waals surface area contributed by atoms with E-state index in [-0.39, 0.29) is 25.4 Å². The first-order valence-corrected chi connectivity index (χ1v) is 7.83. The maximum atomic E-state index is 12.3. The summed E-state index contributed by atoms with van der Waals surface area (Å²) in [6, 6.07) is 9.49. The molecular formula is C17H22N4O4. The first-order chi connectivity index (χ1) is 11.8. The highest BCUT2D eigenvalue weighted by molar-refractivity contribution is 5.80. The van der Waals surface area contributed by atoms with E-state index < -0.39 is 11.5 Å². The molecule has 0 aliphatic carbocycles. The normalized spacial score (nSPS) is 13.2. The molecule has 0 bridgehead atoms. The number of carbonyl (C=O) groups excluding carboxylic acids is 1. The Morgan fingerprint density at radius 2 is 2.00 bits per heavy atom. The molecule has 0 saturated heterocycles. The number of amides is 1. The van der Waals surface area contributed by atoms with Crippen LogP contribution in [0.1, 0.15) is 24.7 Å². The van der Waals surface area contributed by atoms with Gasteiger partial charge in [-0.3, -0.25) is 9.59 Å². The molecule has 1 aromatic heterocycles. The number of carbonyl (C=O) groups is 2. The third-order valence-electron chi connectivity index (χ3n) is 3.76. The van der Waals surface area contributed by atoms with Crippen LogP contribution in [-0.2, 0) is 20.7 Å². The Morgan fingerprint density at radius 3 is 2.60 bits per heavy atom. The molecule has 0 aliphatic rings. The van der Waals surface area contributed by atoms with Gasteiger partial charge in [0, 0.05) is 7.11 Å². The van der Waals surface area contributed by atoms with Gasteiger partial charge in [0.2, 0.25) is 5.91 Å². The first kappa shape index (κ1) is 18.6. The van der Waals surface area contributed by atoms with E-state index in [4.69, 9.17) is 9.84 Å². The number of hydrogen-bond acceptors (Lipinski definition) is 5. The van der Waals surface area contributed by atoms with Gasteiger partial charge in [-0.2, -0.15) is 0 Å². The Hall–Kier alpha value is -2.74. The first-order valence-electron chi connectivity index (χ1n) is 7.83. The lowest BCUT2D eigenvalue weighted by Crippen LogP contribution is -2.51. The van der Waals surface area contributed by atoms with Gasteiger partial charge in [-0.1, -0.05) is 23.4 Å². The van der Waals surface area contributed by atoms with E-state index in [1.165, 1.54) is 7.11 Å². The van der Waals surface area contributed by atoms with Crippen molar-refractivity contribution in [3.63, 3.8) is 0 Å². The van der Waals surface area contributed by atoms with Crippen molar-refractivity contribution < 1.29 is 19.4 Å². The number of aromatic nitrogens is 3. The average Bonchev–Trinajstić information content (AvgIpc) is 2.88. The lowest BCUT2D eigenvalue weighted by molar-refractivity contribution is -0.139. The van der Waals surface area contributed by atoms with Crippen LogP contribution in [-0.4, -0.2) is 51.2 Å². The number of aliphatic carboxylic acids is 1. The SMILES string of the molecule is COCC(C)(CC(=O)O)NC(=O)Cc1nnn(-c2ccccc2)c1C. The summed E-state index contributed by atoms with van der Waals surface area (Å²) in [4.78, 5) is 23.4. The molecule has 1 atom stereocenters. The molecule has 0 saturated carbocycles. The number of rotatable bonds is 8. The van der Waals surface area contributed by atoms with Crippen molar-refractivity contribution in [2.45, 2.75) is 32.2 Å². The summed E-state index contributed by atoms with van der Waals surface area (Å²) in [5.74, 6) is -1.34. The number of nitrogens with one attached hydrogen (secondary N) is 1. The molecule has 0 fully saturated rings. The molecule has 1 unspecified atom stereocenters.